The molecule has 0 aromatic heterocycles. The monoisotopic (exact) mass is 252 g/mol. The largest absolute Gasteiger partial charge is 0.594 e. The highest BCUT2D eigenvalue weighted by Gasteiger charge is 2.15. The number of benzene rings is 1. The van der Waals surface area contributed by atoms with Gasteiger partial charge < -0.3 is 5.21 Å². The molecule has 0 fully saturated rings. The first-order valence-corrected chi connectivity index (χ1v) is 5.54. The van der Waals surface area contributed by atoms with Gasteiger partial charge in [-0.25, -0.2) is 0 Å². The minimum Gasteiger partial charge on any atom is -0.594 e. The predicted molar refractivity (Wildman–Crippen MR) is 66.5 cm³/mol. The van der Waals surface area contributed by atoms with Crippen LogP contribution in [0.3, 0.4) is 0 Å². The molecule has 1 rings (SSSR count). The number of halogens is 1. The van der Waals surface area contributed by atoms with Gasteiger partial charge in [0, 0.05) is 0 Å². The minimum absolute atomic E-state index is 0.173. The molecule has 0 aliphatic heterocycles. The van der Waals surface area contributed by atoms with E-state index in [4.69, 9.17) is 11.6 Å². The third kappa shape index (κ3) is 3.67. The average molecular weight is 253 g/mol. The molecular weight excluding hydrogens is 240 g/mol. The molecule has 1 aromatic carbocycles. The Morgan fingerprint density at radius 2 is 2.06 bits per heavy atom. The van der Waals surface area contributed by atoms with Gasteiger partial charge in [-0.1, -0.05) is 34.7 Å². The van der Waals surface area contributed by atoms with Crippen LogP contribution in [0.5, 0.6) is 0 Å². The zero-order chi connectivity index (χ0) is 12.8. The maximum absolute atomic E-state index is 11.7. The summed E-state index contributed by atoms with van der Waals surface area (Å²) in [7, 11) is 0. The summed E-state index contributed by atoms with van der Waals surface area (Å²) in [6.07, 6.45) is 0. The van der Waals surface area contributed by atoms with E-state index in [9.17, 15) is 10.0 Å². The molecule has 0 aliphatic rings. The van der Waals surface area contributed by atoms with E-state index in [2.05, 4.69) is 5.11 Å². The molecule has 1 aromatic rings. The molecular formula is C12H13ClN2O2. The van der Waals surface area contributed by atoms with Gasteiger partial charge in [0.2, 0.25) is 0 Å². The maximum Gasteiger partial charge on any atom is 0.262 e. The molecule has 1 atom stereocenters. The zero-order valence-electron chi connectivity index (χ0n) is 9.63. The lowest BCUT2D eigenvalue weighted by molar-refractivity contribution is -0.435. The maximum atomic E-state index is 11.7. The van der Waals surface area contributed by atoms with Crippen molar-refractivity contribution in [2.45, 2.75) is 19.9 Å². The highest BCUT2D eigenvalue weighted by molar-refractivity contribution is 6.27. The molecule has 0 unspecified atom stereocenters. The Morgan fingerprint density at radius 3 is 2.53 bits per heavy atom. The van der Waals surface area contributed by atoms with Gasteiger partial charge in [0.1, 0.15) is 0 Å². The first kappa shape index (κ1) is 13.4. The number of hydrogen-bond donors (Lipinski definition) is 0. The van der Waals surface area contributed by atoms with E-state index < -0.39 is 6.04 Å². The molecule has 0 aliphatic carbocycles. The number of nitrogens with zero attached hydrogens (tertiary/aromatic N) is 2. The summed E-state index contributed by atoms with van der Waals surface area (Å²) in [5, 5.41) is 15.4. The third-order valence-corrected chi connectivity index (χ3v) is 2.45. The van der Waals surface area contributed by atoms with E-state index >= 15 is 0 Å². The second-order valence-electron chi connectivity index (χ2n) is 3.54. The van der Waals surface area contributed by atoms with Crippen LogP contribution in [0.15, 0.2) is 41.0 Å². The highest BCUT2D eigenvalue weighted by Crippen LogP contribution is 2.16. The fraction of sp³-hybridized carbons (Fsp3) is 0.250. The molecule has 0 radical (unpaired) electrons. The van der Waals surface area contributed by atoms with E-state index in [0.29, 0.717) is 10.4 Å². The molecule has 0 saturated heterocycles. The lowest BCUT2D eigenvalue weighted by atomic mass is 10.2. The van der Waals surface area contributed by atoms with Crippen LogP contribution in [0, 0.1) is 5.21 Å². The summed E-state index contributed by atoms with van der Waals surface area (Å²) in [5.41, 5.74) is 2.01. The van der Waals surface area contributed by atoms with E-state index in [1.165, 1.54) is 6.92 Å². The SMILES string of the molecule is CC(=O)[C@H](C)N=[N+]([O-])/C(=C/Cl)c1ccccc1. The number of carbonyl (C=O) groups is 1. The van der Waals surface area contributed by atoms with Gasteiger partial charge in [0.05, 0.1) is 11.1 Å². The predicted octanol–water partition coefficient (Wildman–Crippen LogP) is 3.16. The number of azo groups is 1. The Bertz CT molecular complexity index is 455. The van der Waals surface area contributed by atoms with Crippen LogP contribution in [0.25, 0.3) is 5.70 Å². The second kappa shape index (κ2) is 6.15. The van der Waals surface area contributed by atoms with Crippen molar-refractivity contribution < 1.29 is 9.66 Å². The van der Waals surface area contributed by atoms with Crippen molar-refractivity contribution in [2.24, 2.45) is 5.11 Å². The number of hydroxylamine groups is 1. The molecule has 0 amide bonds. The summed E-state index contributed by atoms with van der Waals surface area (Å²) >= 11 is 5.61. The topological polar surface area (TPSA) is 55.5 Å². The number of Topliss-reactive ketones (excluding diaryl/α,β-unsaturated/α-hetero) is 1. The summed E-state index contributed by atoms with van der Waals surface area (Å²) in [5.74, 6) is -0.173. The smallest absolute Gasteiger partial charge is 0.262 e. The lowest BCUT2D eigenvalue weighted by Crippen LogP contribution is -2.13. The first-order valence-electron chi connectivity index (χ1n) is 5.10. The van der Waals surface area contributed by atoms with Crippen LogP contribution < -0.4 is 0 Å². The van der Waals surface area contributed by atoms with Gasteiger partial charge >= 0.3 is 0 Å². The van der Waals surface area contributed by atoms with E-state index in [-0.39, 0.29) is 11.5 Å². The van der Waals surface area contributed by atoms with Crippen LogP contribution in [-0.4, -0.2) is 16.7 Å². The normalized spacial score (nSPS) is 14.5. The first-order chi connectivity index (χ1) is 8.06. The Morgan fingerprint density at radius 1 is 1.47 bits per heavy atom. The zero-order valence-corrected chi connectivity index (χ0v) is 10.4. The van der Waals surface area contributed by atoms with Gasteiger partial charge in [-0.05, 0) is 31.1 Å². The van der Waals surface area contributed by atoms with Crippen molar-refractivity contribution in [3.63, 3.8) is 0 Å². The van der Waals surface area contributed by atoms with Gasteiger partial charge in [-0.2, -0.15) is 0 Å². The molecule has 17 heavy (non-hydrogen) atoms. The van der Waals surface area contributed by atoms with Crippen molar-refractivity contribution in [1.29, 1.82) is 0 Å². The van der Waals surface area contributed by atoms with Crippen molar-refractivity contribution in [3.8, 4) is 0 Å². The molecule has 4 nitrogen and oxygen atoms in total. The number of ketones is 1. The van der Waals surface area contributed by atoms with Crippen LogP contribution in [0.2, 0.25) is 0 Å². The van der Waals surface area contributed by atoms with Gasteiger partial charge in [0.15, 0.2) is 11.8 Å². The quantitative estimate of drug-likeness (QED) is 0.470. The molecule has 0 N–H and O–H groups in total. The summed E-state index contributed by atoms with van der Waals surface area (Å²) < 4.78 is 0. The Labute approximate surface area is 105 Å². The number of carbonyl (C=O) groups excluding carboxylic acids is 1. The lowest BCUT2D eigenvalue weighted by Gasteiger charge is -2.05. The van der Waals surface area contributed by atoms with Crippen LogP contribution in [0.4, 0.5) is 0 Å². The van der Waals surface area contributed by atoms with Gasteiger partial charge in [-0.3, -0.25) is 4.79 Å². The summed E-state index contributed by atoms with van der Waals surface area (Å²) in [6.45, 7) is 2.94. The van der Waals surface area contributed by atoms with Crippen molar-refractivity contribution in [1.82, 2.24) is 0 Å². The fourth-order valence-corrected chi connectivity index (χ4v) is 1.33. The molecule has 0 saturated carbocycles. The van der Waals surface area contributed by atoms with Crippen molar-refractivity contribution >= 4 is 23.1 Å². The standard InChI is InChI=1S/C12H13ClN2O2/c1-9(10(2)16)14-15(17)12(8-13)11-6-4-3-5-7-11/h3-9H,1-2H3/b12-8+,15-14?/t9-/m0/s1. The van der Waals surface area contributed by atoms with Crippen LogP contribution in [0.1, 0.15) is 19.4 Å². The average Bonchev–Trinajstić information content (AvgIpc) is 2.31. The van der Waals surface area contributed by atoms with Crippen molar-refractivity contribution in [2.75, 3.05) is 0 Å². The van der Waals surface area contributed by atoms with Crippen LogP contribution in [-0.2, 0) is 4.79 Å². The highest BCUT2D eigenvalue weighted by atomic mass is 35.5. The number of rotatable bonds is 4. The minimum atomic E-state index is -0.678. The molecule has 5 heteroatoms. The second-order valence-corrected chi connectivity index (χ2v) is 3.75. The Kier molecular flexibility index (Phi) is 4.84. The molecule has 90 valence electrons. The summed E-state index contributed by atoms with van der Waals surface area (Å²) in [4.78, 5) is 11.4. The molecule has 0 spiro atoms. The van der Waals surface area contributed by atoms with Crippen LogP contribution >= 0.6 is 11.6 Å². The van der Waals surface area contributed by atoms with Crippen molar-refractivity contribution in [3.05, 3.63) is 46.6 Å². The summed E-state index contributed by atoms with van der Waals surface area (Å²) in [6, 6.07) is 8.22. The Hall–Kier alpha value is -1.68. The van der Waals surface area contributed by atoms with Gasteiger partial charge in [0.25, 0.3) is 5.70 Å². The van der Waals surface area contributed by atoms with E-state index in [1.807, 2.05) is 6.07 Å². The number of hydrogen-bond acceptors (Lipinski definition) is 3. The molecule has 0 bridgehead atoms. The van der Waals surface area contributed by atoms with E-state index in [1.54, 1.807) is 31.2 Å². The molecule has 0 heterocycles. The van der Waals surface area contributed by atoms with E-state index in [0.717, 1.165) is 5.54 Å². The third-order valence-electron chi connectivity index (χ3n) is 2.25. The van der Waals surface area contributed by atoms with Gasteiger partial charge in [-0.15, -0.1) is 0 Å². The Balaban J connectivity index is 3.02. The fourth-order valence-electron chi connectivity index (χ4n) is 1.12.